The Balaban J connectivity index is 1.54. The molecule has 3 aromatic carbocycles. The van der Waals surface area contributed by atoms with E-state index in [0.29, 0.717) is 23.2 Å². The average Bonchev–Trinajstić information content (AvgIpc) is 2.71. The molecule has 0 saturated heterocycles. The maximum atomic E-state index is 12.3. The molecule has 0 saturated carbocycles. The molecule has 2 amide bonds. The summed E-state index contributed by atoms with van der Waals surface area (Å²) in [7, 11) is 0. The van der Waals surface area contributed by atoms with Crippen LogP contribution in [0.4, 0.5) is 0 Å². The number of hydrogen-bond donors (Lipinski definition) is 3. The van der Waals surface area contributed by atoms with Crippen molar-refractivity contribution in [2.24, 2.45) is 0 Å². The highest BCUT2D eigenvalue weighted by Crippen LogP contribution is 2.30. The molecule has 1 aliphatic heterocycles. The Kier molecular flexibility index (Phi) is 5.35. The molecule has 29 heavy (non-hydrogen) atoms. The van der Waals surface area contributed by atoms with Gasteiger partial charge < -0.3 is 10.4 Å². The van der Waals surface area contributed by atoms with E-state index in [1.165, 1.54) is 0 Å². The van der Waals surface area contributed by atoms with E-state index >= 15 is 0 Å². The first-order valence-corrected chi connectivity index (χ1v) is 10.1. The number of hydrogen-bond acceptors (Lipinski definition) is 4. The van der Waals surface area contributed by atoms with E-state index in [9.17, 15) is 14.7 Å². The number of benzene rings is 3. The third-order valence-electron chi connectivity index (χ3n) is 4.69. The minimum atomic E-state index is -0.431. The van der Waals surface area contributed by atoms with Gasteiger partial charge in [0.15, 0.2) is 0 Å². The molecule has 5 nitrogen and oxygen atoms in total. The van der Waals surface area contributed by atoms with E-state index in [1.807, 2.05) is 54.6 Å². The maximum Gasteiger partial charge on any atom is 0.260 e. The van der Waals surface area contributed by atoms with Crippen LogP contribution in [0, 0.1) is 3.57 Å². The van der Waals surface area contributed by atoms with Crippen molar-refractivity contribution < 1.29 is 14.7 Å². The summed E-state index contributed by atoms with van der Waals surface area (Å²) >= 11 is 2.15. The van der Waals surface area contributed by atoms with Crippen LogP contribution in [-0.4, -0.2) is 16.9 Å². The van der Waals surface area contributed by atoms with E-state index in [2.05, 4.69) is 33.2 Å². The summed E-state index contributed by atoms with van der Waals surface area (Å²) in [5.74, 6) is -0.622. The Morgan fingerprint density at radius 1 is 0.897 bits per heavy atom. The first-order chi connectivity index (χ1) is 14.0. The van der Waals surface area contributed by atoms with Gasteiger partial charge in [-0.3, -0.25) is 14.9 Å². The molecule has 6 heteroatoms. The van der Waals surface area contributed by atoms with Crippen molar-refractivity contribution in [1.29, 1.82) is 0 Å². The number of phenolic OH excluding ortho intramolecular Hbond substituents is 1. The van der Waals surface area contributed by atoms with E-state index in [1.54, 1.807) is 18.3 Å². The minimum Gasteiger partial charge on any atom is -0.507 e. The predicted octanol–water partition coefficient (Wildman–Crippen LogP) is 4.06. The molecule has 0 fully saturated rings. The molecule has 0 spiro atoms. The Morgan fingerprint density at radius 2 is 1.66 bits per heavy atom. The highest BCUT2D eigenvalue weighted by Gasteiger charge is 2.27. The van der Waals surface area contributed by atoms with Gasteiger partial charge in [-0.15, -0.1) is 0 Å². The molecular formula is C23H17IN2O3. The molecule has 3 N–H and O–H groups in total. The number of rotatable bonds is 4. The number of fused-ring (bicyclic) bond motifs is 1. The number of imide groups is 1. The van der Waals surface area contributed by atoms with Crippen LogP contribution < -0.4 is 10.6 Å². The third-order valence-corrected chi connectivity index (χ3v) is 5.36. The first kappa shape index (κ1) is 19.2. The van der Waals surface area contributed by atoms with Gasteiger partial charge in [-0.05, 0) is 58.0 Å². The maximum absolute atomic E-state index is 12.3. The minimum absolute atomic E-state index is 0.198. The molecular weight excluding hydrogens is 479 g/mol. The topological polar surface area (TPSA) is 78.4 Å². The average molecular weight is 496 g/mol. The van der Waals surface area contributed by atoms with Gasteiger partial charge >= 0.3 is 0 Å². The Morgan fingerprint density at radius 3 is 2.41 bits per heavy atom. The van der Waals surface area contributed by atoms with Gasteiger partial charge in [0.2, 0.25) is 0 Å². The third kappa shape index (κ3) is 4.02. The van der Waals surface area contributed by atoms with Crippen LogP contribution in [0.5, 0.6) is 5.75 Å². The zero-order valence-electron chi connectivity index (χ0n) is 15.3. The molecule has 1 aliphatic rings. The molecule has 0 radical (unpaired) electrons. The molecule has 0 aliphatic carbocycles. The summed E-state index contributed by atoms with van der Waals surface area (Å²) < 4.78 is 0.941. The zero-order chi connectivity index (χ0) is 20.4. The monoisotopic (exact) mass is 496 g/mol. The molecule has 0 bridgehead atoms. The Hall–Kier alpha value is -3.13. The quantitative estimate of drug-likeness (QED) is 0.289. The van der Waals surface area contributed by atoms with Crippen molar-refractivity contribution in [3.8, 4) is 16.9 Å². The Bertz CT molecular complexity index is 1140. The second kappa shape index (κ2) is 8.08. The SMILES string of the molecule is O=C1NC(=O)c2ccc(I)cc2/C1=C/NCc1ccc(-c2ccccc2)c(O)c1. The van der Waals surface area contributed by atoms with Crippen LogP contribution >= 0.6 is 22.6 Å². The van der Waals surface area contributed by atoms with Crippen LogP contribution in [0.2, 0.25) is 0 Å². The summed E-state index contributed by atoms with van der Waals surface area (Å²) in [5, 5.41) is 15.9. The zero-order valence-corrected chi connectivity index (χ0v) is 17.4. The van der Waals surface area contributed by atoms with E-state index < -0.39 is 5.91 Å². The number of nitrogens with one attached hydrogen (secondary N) is 2. The molecule has 0 unspecified atom stereocenters. The van der Waals surface area contributed by atoms with Crippen LogP contribution in [0.3, 0.4) is 0 Å². The fourth-order valence-corrected chi connectivity index (χ4v) is 3.75. The number of carbonyl (C=O) groups is 2. The van der Waals surface area contributed by atoms with E-state index in [-0.39, 0.29) is 11.7 Å². The van der Waals surface area contributed by atoms with Crippen LogP contribution in [0.1, 0.15) is 21.5 Å². The lowest BCUT2D eigenvalue weighted by Gasteiger charge is -2.18. The summed E-state index contributed by atoms with van der Waals surface area (Å²) in [6.07, 6.45) is 1.61. The van der Waals surface area contributed by atoms with Crippen LogP contribution in [0.25, 0.3) is 16.7 Å². The van der Waals surface area contributed by atoms with E-state index in [4.69, 9.17) is 0 Å². The summed E-state index contributed by atoms with van der Waals surface area (Å²) in [6, 6.07) is 20.5. The second-order valence-corrected chi connectivity index (χ2v) is 7.88. The van der Waals surface area contributed by atoms with Gasteiger partial charge in [0.25, 0.3) is 11.8 Å². The van der Waals surface area contributed by atoms with Crippen molar-refractivity contribution in [3.05, 3.63) is 93.2 Å². The molecule has 4 rings (SSSR count). The van der Waals surface area contributed by atoms with Gasteiger partial charge in [-0.2, -0.15) is 0 Å². The fraction of sp³-hybridized carbons (Fsp3) is 0.0435. The number of amides is 2. The first-order valence-electron chi connectivity index (χ1n) is 8.99. The normalized spacial score (nSPS) is 14.4. The number of carbonyl (C=O) groups excluding carboxylic acids is 2. The second-order valence-electron chi connectivity index (χ2n) is 6.63. The highest BCUT2D eigenvalue weighted by atomic mass is 127. The molecule has 144 valence electrons. The molecule has 1 heterocycles. The van der Waals surface area contributed by atoms with Crippen LogP contribution in [-0.2, 0) is 11.3 Å². The van der Waals surface area contributed by atoms with Crippen molar-refractivity contribution >= 4 is 40.0 Å². The van der Waals surface area contributed by atoms with Gasteiger partial charge in [0.05, 0.1) is 5.57 Å². The van der Waals surface area contributed by atoms with E-state index in [0.717, 1.165) is 20.3 Å². The largest absolute Gasteiger partial charge is 0.507 e. The standard InChI is InChI=1S/C23H17IN2O3/c24-16-7-9-18-19(11-16)20(23(29)26-22(18)28)13-25-12-14-6-8-17(21(27)10-14)15-4-2-1-3-5-15/h1-11,13,25,27H,12H2,(H,26,28,29)/b20-13-. The van der Waals surface area contributed by atoms with Crippen molar-refractivity contribution in [1.82, 2.24) is 10.6 Å². The molecule has 3 aromatic rings. The lowest BCUT2D eigenvalue weighted by atomic mass is 9.95. The fourth-order valence-electron chi connectivity index (χ4n) is 3.26. The molecule has 0 aromatic heterocycles. The van der Waals surface area contributed by atoms with Crippen molar-refractivity contribution in [2.45, 2.75) is 6.54 Å². The van der Waals surface area contributed by atoms with Crippen molar-refractivity contribution in [2.75, 3.05) is 0 Å². The van der Waals surface area contributed by atoms with Gasteiger partial charge in [0.1, 0.15) is 5.75 Å². The summed E-state index contributed by atoms with van der Waals surface area (Å²) in [4.78, 5) is 24.3. The number of phenols is 1. The Labute approximate surface area is 181 Å². The lowest BCUT2D eigenvalue weighted by molar-refractivity contribution is -0.114. The number of halogens is 1. The predicted molar refractivity (Wildman–Crippen MR) is 120 cm³/mol. The number of aromatic hydroxyl groups is 1. The lowest BCUT2D eigenvalue weighted by Crippen LogP contribution is -2.37. The highest BCUT2D eigenvalue weighted by molar-refractivity contribution is 14.1. The van der Waals surface area contributed by atoms with Gasteiger partial charge in [-0.25, -0.2) is 0 Å². The smallest absolute Gasteiger partial charge is 0.260 e. The van der Waals surface area contributed by atoms with Gasteiger partial charge in [0, 0.05) is 33.0 Å². The summed E-state index contributed by atoms with van der Waals surface area (Å²) in [5.41, 5.74) is 4.07. The van der Waals surface area contributed by atoms with Gasteiger partial charge in [-0.1, -0.05) is 42.5 Å². The summed E-state index contributed by atoms with van der Waals surface area (Å²) in [6.45, 7) is 0.423. The van der Waals surface area contributed by atoms with Crippen LogP contribution in [0.15, 0.2) is 72.9 Å². The molecule has 0 atom stereocenters. The van der Waals surface area contributed by atoms with Crippen molar-refractivity contribution in [3.63, 3.8) is 0 Å².